The molecule has 0 saturated heterocycles. The molecule has 106 valence electrons. The SMILES string of the molecule is CCOC1CC(CC(=O)N(CCCl)CC(F)F)C1. The Kier molecular flexibility index (Phi) is 6.86. The number of alkyl halides is 3. The van der Waals surface area contributed by atoms with Gasteiger partial charge >= 0.3 is 0 Å². The van der Waals surface area contributed by atoms with Crippen LogP contribution in [0.1, 0.15) is 26.2 Å². The van der Waals surface area contributed by atoms with E-state index in [-0.39, 0.29) is 30.4 Å². The van der Waals surface area contributed by atoms with Gasteiger partial charge in [0, 0.05) is 25.5 Å². The first kappa shape index (κ1) is 15.6. The highest BCUT2D eigenvalue weighted by molar-refractivity contribution is 6.18. The Morgan fingerprint density at radius 1 is 1.50 bits per heavy atom. The van der Waals surface area contributed by atoms with Gasteiger partial charge in [0.2, 0.25) is 5.91 Å². The van der Waals surface area contributed by atoms with E-state index in [0.717, 1.165) is 17.7 Å². The van der Waals surface area contributed by atoms with Crippen LogP contribution in [0, 0.1) is 5.92 Å². The second-order valence-corrected chi connectivity index (χ2v) is 4.92. The Hall–Kier alpha value is -0.420. The molecule has 1 aliphatic rings. The summed E-state index contributed by atoms with van der Waals surface area (Å²) < 4.78 is 30.0. The molecule has 0 N–H and O–H groups in total. The number of carbonyl (C=O) groups is 1. The molecule has 3 nitrogen and oxygen atoms in total. The Morgan fingerprint density at radius 2 is 2.17 bits per heavy atom. The zero-order chi connectivity index (χ0) is 13.5. The summed E-state index contributed by atoms with van der Waals surface area (Å²) in [4.78, 5) is 13.0. The van der Waals surface area contributed by atoms with Crippen molar-refractivity contribution < 1.29 is 18.3 Å². The smallest absolute Gasteiger partial charge is 0.255 e. The van der Waals surface area contributed by atoms with Gasteiger partial charge in [0.05, 0.1) is 12.6 Å². The molecule has 1 fully saturated rings. The molecule has 1 rings (SSSR count). The van der Waals surface area contributed by atoms with Crippen molar-refractivity contribution in [3.63, 3.8) is 0 Å². The summed E-state index contributed by atoms with van der Waals surface area (Å²) in [7, 11) is 0. The second-order valence-electron chi connectivity index (χ2n) is 4.54. The average molecular weight is 284 g/mol. The molecule has 1 saturated carbocycles. The van der Waals surface area contributed by atoms with E-state index < -0.39 is 13.0 Å². The van der Waals surface area contributed by atoms with Crippen LogP contribution in [-0.4, -0.2) is 48.9 Å². The lowest BCUT2D eigenvalue weighted by molar-refractivity contribution is -0.136. The first-order valence-corrected chi connectivity index (χ1v) is 6.83. The van der Waals surface area contributed by atoms with Crippen LogP contribution >= 0.6 is 11.6 Å². The number of hydrogen-bond acceptors (Lipinski definition) is 2. The summed E-state index contributed by atoms with van der Waals surface area (Å²) in [5.41, 5.74) is 0. The van der Waals surface area contributed by atoms with Crippen LogP contribution in [0.5, 0.6) is 0 Å². The highest BCUT2D eigenvalue weighted by atomic mass is 35.5. The Morgan fingerprint density at radius 3 is 2.67 bits per heavy atom. The number of carbonyl (C=O) groups excluding carboxylic acids is 1. The molecular weight excluding hydrogens is 264 g/mol. The number of hydrogen-bond donors (Lipinski definition) is 0. The molecule has 0 aromatic carbocycles. The maximum Gasteiger partial charge on any atom is 0.255 e. The Balaban J connectivity index is 2.29. The monoisotopic (exact) mass is 283 g/mol. The molecule has 0 unspecified atom stereocenters. The number of amides is 1. The van der Waals surface area contributed by atoms with E-state index in [1.54, 1.807) is 0 Å². The van der Waals surface area contributed by atoms with Crippen LogP contribution < -0.4 is 0 Å². The van der Waals surface area contributed by atoms with Crippen molar-refractivity contribution in [1.29, 1.82) is 0 Å². The largest absolute Gasteiger partial charge is 0.378 e. The van der Waals surface area contributed by atoms with Crippen LogP contribution in [0.2, 0.25) is 0 Å². The molecule has 0 heterocycles. The minimum Gasteiger partial charge on any atom is -0.378 e. The predicted octanol–water partition coefficient (Wildman–Crippen LogP) is 2.52. The fourth-order valence-corrected chi connectivity index (χ4v) is 2.38. The molecule has 0 aromatic heterocycles. The minimum atomic E-state index is -2.50. The molecule has 0 spiro atoms. The van der Waals surface area contributed by atoms with Crippen molar-refractivity contribution in [3.05, 3.63) is 0 Å². The van der Waals surface area contributed by atoms with E-state index in [1.165, 1.54) is 0 Å². The maximum atomic E-state index is 12.3. The van der Waals surface area contributed by atoms with Crippen LogP contribution in [0.4, 0.5) is 8.78 Å². The summed E-state index contributed by atoms with van der Waals surface area (Å²) in [6.07, 6.45) is -0.238. The molecule has 0 bridgehead atoms. The summed E-state index contributed by atoms with van der Waals surface area (Å²) in [6, 6.07) is 0. The molecule has 1 aliphatic carbocycles. The Labute approximate surface area is 111 Å². The highest BCUT2D eigenvalue weighted by Gasteiger charge is 2.32. The van der Waals surface area contributed by atoms with Crippen molar-refractivity contribution >= 4 is 17.5 Å². The fraction of sp³-hybridized carbons (Fsp3) is 0.917. The summed E-state index contributed by atoms with van der Waals surface area (Å²) in [5, 5.41) is 0. The first-order valence-electron chi connectivity index (χ1n) is 6.30. The third kappa shape index (κ3) is 5.06. The van der Waals surface area contributed by atoms with Crippen LogP contribution in [-0.2, 0) is 9.53 Å². The van der Waals surface area contributed by atoms with E-state index in [4.69, 9.17) is 16.3 Å². The number of ether oxygens (including phenoxy) is 1. The van der Waals surface area contributed by atoms with E-state index in [0.29, 0.717) is 13.0 Å². The van der Waals surface area contributed by atoms with Gasteiger partial charge in [-0.25, -0.2) is 8.78 Å². The molecule has 6 heteroatoms. The van der Waals surface area contributed by atoms with E-state index in [2.05, 4.69) is 0 Å². The lowest BCUT2D eigenvalue weighted by Crippen LogP contribution is -2.40. The zero-order valence-corrected chi connectivity index (χ0v) is 11.3. The van der Waals surface area contributed by atoms with Gasteiger partial charge in [0.25, 0.3) is 6.43 Å². The van der Waals surface area contributed by atoms with Crippen LogP contribution in [0.3, 0.4) is 0 Å². The van der Waals surface area contributed by atoms with Crippen molar-refractivity contribution in [2.45, 2.75) is 38.7 Å². The molecule has 0 aliphatic heterocycles. The standard InChI is InChI=1S/C12H20ClF2NO2/c1-2-18-10-5-9(6-10)7-12(17)16(4-3-13)8-11(14)15/h9-11H,2-8H2,1H3. The van der Waals surface area contributed by atoms with Crippen LogP contribution in [0.25, 0.3) is 0 Å². The average Bonchev–Trinajstić information content (AvgIpc) is 2.25. The second kappa shape index (κ2) is 7.89. The lowest BCUT2D eigenvalue weighted by Gasteiger charge is -2.35. The van der Waals surface area contributed by atoms with Gasteiger partial charge in [0.1, 0.15) is 0 Å². The Bertz CT molecular complexity index is 260. The topological polar surface area (TPSA) is 29.5 Å². The predicted molar refractivity (Wildman–Crippen MR) is 66.1 cm³/mol. The lowest BCUT2D eigenvalue weighted by atomic mass is 9.79. The van der Waals surface area contributed by atoms with Crippen molar-refractivity contribution in [2.75, 3.05) is 25.6 Å². The fourth-order valence-electron chi connectivity index (χ4n) is 2.18. The van der Waals surface area contributed by atoms with Gasteiger partial charge in [-0.1, -0.05) is 0 Å². The van der Waals surface area contributed by atoms with Gasteiger partial charge in [0.15, 0.2) is 0 Å². The third-order valence-corrected chi connectivity index (χ3v) is 3.29. The molecular formula is C12H20ClF2NO2. The third-order valence-electron chi connectivity index (χ3n) is 3.12. The van der Waals surface area contributed by atoms with Crippen molar-refractivity contribution in [3.8, 4) is 0 Å². The molecule has 18 heavy (non-hydrogen) atoms. The van der Waals surface area contributed by atoms with E-state index in [1.807, 2.05) is 6.92 Å². The quantitative estimate of drug-likeness (QED) is 0.641. The minimum absolute atomic E-state index is 0.185. The summed E-state index contributed by atoms with van der Waals surface area (Å²) in [6.45, 7) is 2.28. The van der Waals surface area contributed by atoms with Gasteiger partial charge in [-0.3, -0.25) is 4.79 Å². The summed E-state index contributed by atoms with van der Waals surface area (Å²) >= 11 is 5.51. The van der Waals surface area contributed by atoms with E-state index >= 15 is 0 Å². The maximum absolute atomic E-state index is 12.3. The van der Waals surface area contributed by atoms with Crippen LogP contribution in [0.15, 0.2) is 0 Å². The van der Waals surface area contributed by atoms with Gasteiger partial charge in [-0.2, -0.15) is 0 Å². The van der Waals surface area contributed by atoms with Gasteiger partial charge in [-0.05, 0) is 25.7 Å². The molecule has 0 aromatic rings. The molecule has 0 radical (unpaired) electrons. The van der Waals surface area contributed by atoms with Gasteiger partial charge in [-0.15, -0.1) is 11.6 Å². The van der Waals surface area contributed by atoms with Crippen molar-refractivity contribution in [1.82, 2.24) is 4.90 Å². The summed E-state index contributed by atoms with van der Waals surface area (Å²) in [5.74, 6) is 0.227. The number of halogens is 3. The van der Waals surface area contributed by atoms with E-state index in [9.17, 15) is 13.6 Å². The number of nitrogens with zero attached hydrogens (tertiary/aromatic N) is 1. The molecule has 0 atom stereocenters. The highest BCUT2D eigenvalue weighted by Crippen LogP contribution is 2.33. The van der Waals surface area contributed by atoms with Gasteiger partial charge < -0.3 is 9.64 Å². The first-order chi connectivity index (χ1) is 8.56. The zero-order valence-electron chi connectivity index (χ0n) is 10.6. The number of rotatable bonds is 8. The molecule has 1 amide bonds. The van der Waals surface area contributed by atoms with Crippen molar-refractivity contribution in [2.24, 2.45) is 5.92 Å². The normalized spacial score (nSPS) is 22.9.